The van der Waals surface area contributed by atoms with E-state index in [0.29, 0.717) is 30.4 Å². The number of non-ortho nitro benzene ring substituents is 1. The molecule has 0 unspecified atom stereocenters. The number of nitrogens with one attached hydrogen (secondary N) is 1. The Balaban J connectivity index is 1.31. The molecule has 0 radical (unpaired) electrons. The molecule has 1 heterocycles. The summed E-state index contributed by atoms with van der Waals surface area (Å²) in [6, 6.07) is 21.2. The lowest BCUT2D eigenvalue weighted by Crippen LogP contribution is -2.37. The van der Waals surface area contributed by atoms with Gasteiger partial charge >= 0.3 is 5.97 Å². The van der Waals surface area contributed by atoms with Crippen LogP contribution in [0.15, 0.2) is 95.1 Å². The molecule has 0 aliphatic carbocycles. The molecule has 0 fully saturated rings. The van der Waals surface area contributed by atoms with Gasteiger partial charge in [-0.25, -0.2) is 9.78 Å². The highest BCUT2D eigenvalue weighted by Crippen LogP contribution is 2.22. The number of rotatable bonds is 13. The number of nitro groups is 1. The van der Waals surface area contributed by atoms with Crippen LogP contribution in [-0.2, 0) is 17.6 Å². The Labute approximate surface area is 236 Å². The van der Waals surface area contributed by atoms with Crippen LogP contribution in [0.1, 0.15) is 34.3 Å². The topological polar surface area (TPSA) is 145 Å². The van der Waals surface area contributed by atoms with Gasteiger partial charge in [0.05, 0.1) is 17.2 Å². The van der Waals surface area contributed by atoms with Gasteiger partial charge in [0.15, 0.2) is 5.78 Å². The maximum Gasteiger partial charge on any atom is 0.326 e. The van der Waals surface area contributed by atoms with E-state index < -0.39 is 22.7 Å². The molecule has 0 bridgehead atoms. The SMILES string of the molecule is C/C(=C/C(=O)c1cccc([N+](=O)[O-])c1)N[C@@H](Cc1ccc(OCCc2nc(-c3ccccc3)oc2C)cc1)C(=O)O. The van der Waals surface area contributed by atoms with Crippen molar-refractivity contribution in [2.45, 2.75) is 32.7 Å². The molecule has 10 heteroatoms. The normalized spacial score (nSPS) is 12.0. The minimum atomic E-state index is -1.08. The van der Waals surface area contributed by atoms with Gasteiger partial charge in [0.1, 0.15) is 17.6 Å². The standard InChI is InChI=1S/C31H29N3O7/c1-20(17-29(35)24-9-6-10-25(19-24)34(38)39)32-28(31(36)37)18-22-11-13-26(14-12-22)40-16-15-27-21(2)41-30(33-27)23-7-4-3-5-8-23/h3-14,17,19,28,32H,15-16,18H2,1-2H3,(H,36,37)/b20-17-/t28-/m0/s1. The molecule has 0 saturated heterocycles. The first kappa shape index (κ1) is 28.8. The summed E-state index contributed by atoms with van der Waals surface area (Å²) in [7, 11) is 0. The van der Waals surface area contributed by atoms with Gasteiger partial charge in [-0.15, -0.1) is 0 Å². The van der Waals surface area contributed by atoms with Crippen molar-refractivity contribution in [3.05, 3.63) is 123 Å². The molecule has 2 N–H and O–H groups in total. The Morgan fingerprint density at radius 3 is 2.51 bits per heavy atom. The van der Waals surface area contributed by atoms with Crippen LogP contribution < -0.4 is 10.1 Å². The molecule has 10 nitrogen and oxygen atoms in total. The third kappa shape index (κ3) is 7.89. The van der Waals surface area contributed by atoms with E-state index in [1.165, 1.54) is 30.3 Å². The Hall–Kier alpha value is -5.25. The number of aliphatic carboxylic acids is 1. The number of carbonyl (C=O) groups excluding carboxylic acids is 1. The van der Waals surface area contributed by atoms with Gasteiger partial charge in [0.25, 0.3) is 5.69 Å². The smallest absolute Gasteiger partial charge is 0.326 e. The van der Waals surface area contributed by atoms with Crippen LogP contribution in [0.2, 0.25) is 0 Å². The largest absolute Gasteiger partial charge is 0.493 e. The van der Waals surface area contributed by atoms with Gasteiger partial charge in [-0.2, -0.15) is 0 Å². The summed E-state index contributed by atoms with van der Waals surface area (Å²) in [5.41, 5.74) is 2.76. The van der Waals surface area contributed by atoms with Crippen molar-refractivity contribution in [2.24, 2.45) is 0 Å². The highest BCUT2D eigenvalue weighted by Gasteiger charge is 2.19. The molecular formula is C31H29N3O7. The van der Waals surface area contributed by atoms with Crippen molar-refractivity contribution >= 4 is 17.4 Å². The summed E-state index contributed by atoms with van der Waals surface area (Å²) in [5.74, 6) is 0.394. The Morgan fingerprint density at radius 1 is 1.10 bits per heavy atom. The molecule has 1 aromatic heterocycles. The van der Waals surface area contributed by atoms with Gasteiger partial charge in [-0.3, -0.25) is 14.9 Å². The highest BCUT2D eigenvalue weighted by atomic mass is 16.6. The summed E-state index contributed by atoms with van der Waals surface area (Å²) >= 11 is 0. The predicted molar refractivity (Wildman–Crippen MR) is 152 cm³/mol. The lowest BCUT2D eigenvalue weighted by Gasteiger charge is -2.16. The van der Waals surface area contributed by atoms with Crippen molar-refractivity contribution in [2.75, 3.05) is 6.61 Å². The predicted octanol–water partition coefficient (Wildman–Crippen LogP) is 5.55. The van der Waals surface area contributed by atoms with E-state index in [-0.39, 0.29) is 17.7 Å². The molecule has 4 rings (SSSR count). The molecule has 0 spiro atoms. The Bertz CT molecular complexity index is 1560. The average molecular weight is 556 g/mol. The number of oxazole rings is 1. The first-order valence-corrected chi connectivity index (χ1v) is 12.9. The maximum absolute atomic E-state index is 12.5. The summed E-state index contributed by atoms with van der Waals surface area (Å²) in [6.07, 6.45) is 1.95. The van der Waals surface area contributed by atoms with E-state index >= 15 is 0 Å². The summed E-state index contributed by atoms with van der Waals surface area (Å²) in [4.78, 5) is 39.4. The number of allylic oxidation sites excluding steroid dienone is 2. The zero-order valence-electron chi connectivity index (χ0n) is 22.6. The molecule has 0 saturated carbocycles. The minimum Gasteiger partial charge on any atom is -0.493 e. The van der Waals surface area contributed by atoms with Crippen molar-refractivity contribution in [3.8, 4) is 17.2 Å². The maximum atomic E-state index is 12.5. The third-order valence-electron chi connectivity index (χ3n) is 6.27. The number of ether oxygens (including phenoxy) is 1. The van der Waals surface area contributed by atoms with Crippen LogP contribution >= 0.6 is 0 Å². The first-order valence-electron chi connectivity index (χ1n) is 12.9. The van der Waals surface area contributed by atoms with E-state index in [0.717, 1.165) is 22.6 Å². The average Bonchev–Trinajstić information content (AvgIpc) is 3.34. The zero-order chi connectivity index (χ0) is 29.4. The molecule has 4 aromatic rings. The molecule has 210 valence electrons. The van der Waals surface area contributed by atoms with E-state index in [4.69, 9.17) is 9.15 Å². The second kappa shape index (κ2) is 13.2. The number of carboxylic acids is 1. The molecule has 3 aromatic carbocycles. The number of benzene rings is 3. The molecular weight excluding hydrogens is 526 g/mol. The van der Waals surface area contributed by atoms with Crippen LogP contribution in [0.5, 0.6) is 5.75 Å². The van der Waals surface area contributed by atoms with Crippen LogP contribution in [-0.4, -0.2) is 39.4 Å². The number of ketones is 1. The monoisotopic (exact) mass is 555 g/mol. The minimum absolute atomic E-state index is 0.137. The second-order valence-corrected chi connectivity index (χ2v) is 9.37. The quantitative estimate of drug-likeness (QED) is 0.0938. The number of nitrogens with zero attached hydrogens (tertiary/aromatic N) is 2. The molecule has 0 aliphatic rings. The lowest BCUT2D eigenvalue weighted by molar-refractivity contribution is -0.384. The van der Waals surface area contributed by atoms with Gasteiger partial charge in [-0.05, 0) is 43.7 Å². The third-order valence-corrected chi connectivity index (χ3v) is 6.27. The fraction of sp³-hybridized carbons (Fsp3) is 0.194. The number of aromatic nitrogens is 1. The van der Waals surface area contributed by atoms with Crippen LogP contribution in [0.3, 0.4) is 0 Å². The van der Waals surface area contributed by atoms with Gasteiger partial charge in [0.2, 0.25) is 5.89 Å². The zero-order valence-corrected chi connectivity index (χ0v) is 22.6. The highest BCUT2D eigenvalue weighted by molar-refractivity contribution is 6.05. The number of aryl methyl sites for hydroxylation is 1. The van der Waals surface area contributed by atoms with E-state index in [1.54, 1.807) is 31.2 Å². The van der Waals surface area contributed by atoms with Crippen LogP contribution in [0.25, 0.3) is 11.5 Å². The van der Waals surface area contributed by atoms with Crippen molar-refractivity contribution < 1.29 is 28.8 Å². The van der Waals surface area contributed by atoms with Gasteiger partial charge in [0, 0.05) is 47.9 Å². The van der Waals surface area contributed by atoms with Crippen molar-refractivity contribution in [1.82, 2.24) is 10.3 Å². The Kier molecular flexibility index (Phi) is 9.26. The van der Waals surface area contributed by atoms with Crippen LogP contribution in [0, 0.1) is 17.0 Å². The number of carbonyl (C=O) groups is 2. The molecule has 41 heavy (non-hydrogen) atoms. The van der Waals surface area contributed by atoms with Gasteiger partial charge in [-0.1, -0.05) is 42.5 Å². The van der Waals surface area contributed by atoms with Crippen molar-refractivity contribution in [3.63, 3.8) is 0 Å². The number of hydrogen-bond donors (Lipinski definition) is 2. The molecule has 0 aliphatic heterocycles. The van der Waals surface area contributed by atoms with Crippen LogP contribution in [0.4, 0.5) is 5.69 Å². The number of hydrogen-bond acceptors (Lipinski definition) is 8. The second-order valence-electron chi connectivity index (χ2n) is 9.37. The van der Waals surface area contributed by atoms with E-state index in [1.807, 2.05) is 37.3 Å². The van der Waals surface area contributed by atoms with Crippen molar-refractivity contribution in [1.29, 1.82) is 0 Å². The van der Waals surface area contributed by atoms with E-state index in [9.17, 15) is 24.8 Å². The molecule has 1 atom stereocenters. The summed E-state index contributed by atoms with van der Waals surface area (Å²) in [6.45, 7) is 3.83. The first-order chi connectivity index (χ1) is 19.7. The van der Waals surface area contributed by atoms with E-state index in [2.05, 4.69) is 10.3 Å². The molecule has 0 amide bonds. The Morgan fingerprint density at radius 2 is 1.83 bits per heavy atom. The number of nitro benzene ring substituents is 1. The summed E-state index contributed by atoms with van der Waals surface area (Å²) < 4.78 is 11.7. The summed E-state index contributed by atoms with van der Waals surface area (Å²) in [5, 5.41) is 23.5. The fourth-order valence-electron chi connectivity index (χ4n) is 4.16. The number of carboxylic acid groups (broad SMARTS) is 1. The fourth-order valence-corrected chi connectivity index (χ4v) is 4.16. The van der Waals surface area contributed by atoms with Gasteiger partial charge < -0.3 is 19.6 Å². The lowest BCUT2D eigenvalue weighted by atomic mass is 10.0.